The van der Waals surface area contributed by atoms with E-state index in [1.165, 1.54) is 5.52 Å². The molecule has 3 heteroatoms. The van der Waals surface area contributed by atoms with Crippen molar-refractivity contribution in [2.24, 2.45) is 0 Å². The zero-order valence-electron chi connectivity index (χ0n) is 9.99. The minimum Gasteiger partial charge on any atom is -0.342 e. The minimum absolute atomic E-state index is 0.368. The van der Waals surface area contributed by atoms with Crippen molar-refractivity contribution in [3.05, 3.63) is 48.1 Å². The Morgan fingerprint density at radius 1 is 1.47 bits per heavy atom. The fraction of sp³-hybridized carbons (Fsp3) is 0.286. The van der Waals surface area contributed by atoms with E-state index in [1.807, 2.05) is 24.4 Å². The lowest BCUT2D eigenvalue weighted by Gasteiger charge is -2.15. The highest BCUT2D eigenvalue weighted by Gasteiger charge is 2.10. The van der Waals surface area contributed by atoms with Gasteiger partial charge in [0.15, 0.2) is 0 Å². The average Bonchev–Trinajstić information content (AvgIpc) is 2.68. The van der Waals surface area contributed by atoms with Crippen molar-refractivity contribution < 1.29 is 0 Å². The van der Waals surface area contributed by atoms with Gasteiger partial charge in [0.1, 0.15) is 0 Å². The Hall–Kier alpha value is -1.25. The zero-order valence-corrected chi connectivity index (χ0v) is 10.7. The van der Waals surface area contributed by atoms with Gasteiger partial charge in [-0.25, -0.2) is 0 Å². The first kappa shape index (κ1) is 12.2. The van der Waals surface area contributed by atoms with E-state index in [0.29, 0.717) is 6.04 Å². The van der Waals surface area contributed by atoms with Crippen LogP contribution in [0.1, 0.15) is 13.0 Å². The van der Waals surface area contributed by atoms with Crippen molar-refractivity contribution in [1.29, 1.82) is 0 Å². The Kier molecular flexibility index (Phi) is 3.87. The summed E-state index contributed by atoms with van der Waals surface area (Å²) in [6.07, 6.45) is 3.87. The summed E-state index contributed by atoms with van der Waals surface area (Å²) in [7, 11) is 0. The van der Waals surface area contributed by atoms with Gasteiger partial charge in [-0.05, 0) is 13.0 Å². The van der Waals surface area contributed by atoms with Crippen molar-refractivity contribution in [2.75, 3.05) is 13.1 Å². The van der Waals surface area contributed by atoms with E-state index >= 15 is 0 Å². The predicted octanol–water partition coefficient (Wildman–Crippen LogP) is 3.63. The maximum Gasteiger partial charge on any atom is 0.0661 e. The SMILES string of the molecule is C=CCNCC(C)n1cc(Cl)c2ccccc21. The lowest BCUT2D eigenvalue weighted by molar-refractivity contribution is 0.522. The molecule has 2 aromatic rings. The number of rotatable bonds is 5. The van der Waals surface area contributed by atoms with Crippen LogP contribution in [0.3, 0.4) is 0 Å². The van der Waals surface area contributed by atoms with Gasteiger partial charge < -0.3 is 9.88 Å². The van der Waals surface area contributed by atoms with Crippen LogP contribution in [0.5, 0.6) is 0 Å². The van der Waals surface area contributed by atoms with E-state index in [1.54, 1.807) is 0 Å². The summed E-state index contributed by atoms with van der Waals surface area (Å²) in [4.78, 5) is 0. The van der Waals surface area contributed by atoms with Gasteiger partial charge >= 0.3 is 0 Å². The van der Waals surface area contributed by atoms with Crippen LogP contribution in [-0.2, 0) is 0 Å². The molecule has 17 heavy (non-hydrogen) atoms. The second kappa shape index (κ2) is 5.39. The highest BCUT2D eigenvalue weighted by molar-refractivity contribution is 6.35. The van der Waals surface area contributed by atoms with E-state index in [4.69, 9.17) is 11.6 Å². The fourth-order valence-electron chi connectivity index (χ4n) is 2.02. The number of nitrogens with one attached hydrogen (secondary N) is 1. The number of hydrogen-bond donors (Lipinski definition) is 1. The second-order valence-electron chi connectivity index (χ2n) is 4.20. The topological polar surface area (TPSA) is 17.0 Å². The summed E-state index contributed by atoms with van der Waals surface area (Å²) in [5.74, 6) is 0. The molecular formula is C14H17ClN2. The third-order valence-corrected chi connectivity index (χ3v) is 3.20. The summed E-state index contributed by atoms with van der Waals surface area (Å²) >= 11 is 6.23. The van der Waals surface area contributed by atoms with Gasteiger partial charge in [0.2, 0.25) is 0 Å². The molecule has 0 aliphatic heterocycles. The molecule has 0 bridgehead atoms. The monoisotopic (exact) mass is 248 g/mol. The van der Waals surface area contributed by atoms with E-state index in [0.717, 1.165) is 23.5 Å². The third-order valence-electron chi connectivity index (χ3n) is 2.90. The van der Waals surface area contributed by atoms with E-state index in [2.05, 4.69) is 35.5 Å². The molecule has 1 aromatic heterocycles. The van der Waals surface area contributed by atoms with Crippen LogP contribution in [0.4, 0.5) is 0 Å². The number of aromatic nitrogens is 1. The summed E-state index contributed by atoms with van der Waals surface area (Å²) in [6.45, 7) is 7.61. The molecule has 2 nitrogen and oxygen atoms in total. The van der Waals surface area contributed by atoms with Gasteiger partial charge in [-0.2, -0.15) is 0 Å². The van der Waals surface area contributed by atoms with Crippen molar-refractivity contribution >= 4 is 22.5 Å². The average molecular weight is 249 g/mol. The summed E-state index contributed by atoms with van der Waals surface area (Å²) < 4.78 is 2.22. The molecule has 2 rings (SSSR count). The molecule has 0 fully saturated rings. The quantitative estimate of drug-likeness (QED) is 0.632. The molecule has 1 heterocycles. The number of nitrogens with zero attached hydrogens (tertiary/aromatic N) is 1. The fourth-order valence-corrected chi connectivity index (χ4v) is 2.28. The van der Waals surface area contributed by atoms with Crippen LogP contribution in [0.25, 0.3) is 10.9 Å². The number of benzene rings is 1. The highest BCUT2D eigenvalue weighted by Crippen LogP contribution is 2.27. The van der Waals surface area contributed by atoms with Gasteiger partial charge in [-0.3, -0.25) is 0 Å². The Morgan fingerprint density at radius 3 is 3.00 bits per heavy atom. The predicted molar refractivity (Wildman–Crippen MR) is 74.7 cm³/mol. The number of fused-ring (bicyclic) bond motifs is 1. The van der Waals surface area contributed by atoms with Gasteiger partial charge in [-0.1, -0.05) is 35.9 Å². The number of hydrogen-bond acceptors (Lipinski definition) is 1. The van der Waals surface area contributed by atoms with Gasteiger partial charge in [0.25, 0.3) is 0 Å². The molecule has 1 atom stereocenters. The van der Waals surface area contributed by atoms with E-state index in [-0.39, 0.29) is 0 Å². The Labute approximate surface area is 107 Å². The van der Waals surface area contributed by atoms with Crippen LogP contribution in [-0.4, -0.2) is 17.7 Å². The Bertz CT molecular complexity index is 516. The minimum atomic E-state index is 0.368. The largest absolute Gasteiger partial charge is 0.342 e. The molecule has 1 aromatic carbocycles. The molecular weight excluding hydrogens is 232 g/mol. The molecule has 1 N–H and O–H groups in total. The smallest absolute Gasteiger partial charge is 0.0661 e. The molecule has 0 aliphatic rings. The maximum atomic E-state index is 6.23. The lowest BCUT2D eigenvalue weighted by Crippen LogP contribution is -2.23. The summed E-state index contributed by atoms with van der Waals surface area (Å²) in [5.41, 5.74) is 1.19. The van der Waals surface area contributed by atoms with E-state index in [9.17, 15) is 0 Å². The first-order valence-electron chi connectivity index (χ1n) is 5.80. The molecule has 0 amide bonds. The van der Waals surface area contributed by atoms with Crippen LogP contribution < -0.4 is 5.32 Å². The normalized spacial score (nSPS) is 12.8. The van der Waals surface area contributed by atoms with Crippen molar-refractivity contribution in [3.63, 3.8) is 0 Å². The van der Waals surface area contributed by atoms with Gasteiger partial charge in [0, 0.05) is 36.2 Å². The van der Waals surface area contributed by atoms with Crippen LogP contribution in [0.15, 0.2) is 43.1 Å². The molecule has 90 valence electrons. The molecule has 0 radical (unpaired) electrons. The zero-order chi connectivity index (χ0) is 12.3. The molecule has 0 aliphatic carbocycles. The Morgan fingerprint density at radius 2 is 2.24 bits per heavy atom. The first-order valence-corrected chi connectivity index (χ1v) is 6.18. The van der Waals surface area contributed by atoms with Crippen LogP contribution in [0.2, 0.25) is 5.02 Å². The molecule has 1 unspecified atom stereocenters. The van der Waals surface area contributed by atoms with Crippen LogP contribution in [0, 0.1) is 0 Å². The number of halogens is 1. The highest BCUT2D eigenvalue weighted by atomic mass is 35.5. The van der Waals surface area contributed by atoms with Gasteiger partial charge in [-0.15, -0.1) is 6.58 Å². The lowest BCUT2D eigenvalue weighted by atomic mass is 10.2. The number of para-hydroxylation sites is 1. The Balaban J connectivity index is 2.25. The van der Waals surface area contributed by atoms with Crippen molar-refractivity contribution in [1.82, 2.24) is 9.88 Å². The summed E-state index contributed by atoms with van der Waals surface area (Å²) in [5, 5.41) is 5.26. The van der Waals surface area contributed by atoms with Crippen molar-refractivity contribution in [3.8, 4) is 0 Å². The third kappa shape index (κ3) is 2.54. The summed E-state index contributed by atoms with van der Waals surface area (Å²) in [6, 6.07) is 8.58. The molecule has 0 spiro atoms. The molecule has 0 saturated carbocycles. The standard InChI is InChI=1S/C14H17ClN2/c1-3-8-16-9-11(2)17-10-13(15)12-6-4-5-7-14(12)17/h3-7,10-11,16H,1,8-9H2,2H3. The van der Waals surface area contributed by atoms with Crippen molar-refractivity contribution in [2.45, 2.75) is 13.0 Å². The first-order chi connectivity index (χ1) is 8.24. The van der Waals surface area contributed by atoms with E-state index < -0.39 is 0 Å². The van der Waals surface area contributed by atoms with Gasteiger partial charge in [0.05, 0.1) is 5.02 Å². The molecule has 0 saturated heterocycles. The van der Waals surface area contributed by atoms with Crippen LogP contribution >= 0.6 is 11.6 Å². The second-order valence-corrected chi connectivity index (χ2v) is 4.60. The maximum absolute atomic E-state index is 6.23.